The van der Waals surface area contributed by atoms with E-state index in [1.54, 1.807) is 6.92 Å². The minimum absolute atomic E-state index is 0.0251. The number of hydrogen-bond donors (Lipinski definition) is 3. The second-order valence-electron chi connectivity index (χ2n) is 5.70. The highest BCUT2D eigenvalue weighted by Gasteiger charge is 2.45. The molecule has 1 saturated heterocycles. The summed E-state index contributed by atoms with van der Waals surface area (Å²) in [5, 5.41) is 11.3. The normalized spacial score (nSPS) is 22.2. The van der Waals surface area contributed by atoms with Crippen LogP contribution in [0, 0.1) is 0 Å². The van der Waals surface area contributed by atoms with E-state index in [4.69, 9.17) is 10.8 Å². The number of rotatable bonds is 7. The number of ketones is 1. The van der Waals surface area contributed by atoms with E-state index in [0.717, 1.165) is 0 Å². The second kappa shape index (κ2) is 7.35. The molecular formula is C14H23N3O5. The quantitative estimate of drug-likeness (QED) is 0.568. The molecule has 1 aliphatic rings. The number of nitrogens with two attached hydrogens (primary N) is 1. The summed E-state index contributed by atoms with van der Waals surface area (Å²) in [4.78, 5) is 48.0. The highest BCUT2D eigenvalue weighted by Crippen LogP contribution is 2.29. The van der Waals surface area contributed by atoms with Gasteiger partial charge in [0.2, 0.25) is 11.8 Å². The Morgan fingerprint density at radius 3 is 2.50 bits per heavy atom. The van der Waals surface area contributed by atoms with Gasteiger partial charge in [-0.05, 0) is 33.1 Å². The van der Waals surface area contributed by atoms with Crippen molar-refractivity contribution in [3.63, 3.8) is 0 Å². The molecule has 2 amide bonds. The Morgan fingerprint density at radius 1 is 1.36 bits per heavy atom. The molecule has 0 aromatic rings. The molecule has 1 rings (SSSR count). The molecule has 22 heavy (non-hydrogen) atoms. The molecule has 2 unspecified atom stereocenters. The predicted octanol–water partition coefficient (Wildman–Crippen LogP) is -0.735. The highest BCUT2D eigenvalue weighted by molar-refractivity contribution is 5.95. The molecule has 1 fully saturated rings. The van der Waals surface area contributed by atoms with Gasteiger partial charge in [-0.2, -0.15) is 0 Å². The molecule has 4 N–H and O–H groups in total. The maximum Gasteiger partial charge on any atom is 0.303 e. The second-order valence-corrected chi connectivity index (χ2v) is 5.70. The minimum Gasteiger partial charge on any atom is -0.481 e. The number of amides is 2. The fourth-order valence-corrected chi connectivity index (χ4v) is 2.67. The van der Waals surface area contributed by atoms with E-state index in [0.29, 0.717) is 19.4 Å². The van der Waals surface area contributed by atoms with E-state index in [9.17, 15) is 19.2 Å². The van der Waals surface area contributed by atoms with Gasteiger partial charge in [0.05, 0.1) is 12.6 Å². The molecule has 2 atom stereocenters. The van der Waals surface area contributed by atoms with E-state index >= 15 is 0 Å². The summed E-state index contributed by atoms with van der Waals surface area (Å²) in [6.45, 7) is 3.20. The summed E-state index contributed by atoms with van der Waals surface area (Å²) >= 11 is 0. The number of hydrogen-bond acceptors (Lipinski definition) is 5. The lowest BCUT2D eigenvalue weighted by Crippen LogP contribution is -2.59. The molecule has 0 spiro atoms. The van der Waals surface area contributed by atoms with E-state index < -0.39 is 23.5 Å². The number of carboxylic acids is 1. The predicted molar refractivity (Wildman–Crippen MR) is 77.9 cm³/mol. The van der Waals surface area contributed by atoms with Gasteiger partial charge >= 0.3 is 5.97 Å². The first-order chi connectivity index (χ1) is 10.2. The summed E-state index contributed by atoms with van der Waals surface area (Å²) in [7, 11) is 0. The van der Waals surface area contributed by atoms with Gasteiger partial charge < -0.3 is 21.1 Å². The van der Waals surface area contributed by atoms with Gasteiger partial charge in [-0.15, -0.1) is 0 Å². The minimum atomic E-state index is -1.05. The number of likely N-dealkylation sites (tertiary alicyclic amines) is 1. The van der Waals surface area contributed by atoms with Crippen molar-refractivity contribution >= 4 is 23.6 Å². The maximum atomic E-state index is 12.5. The summed E-state index contributed by atoms with van der Waals surface area (Å²) < 4.78 is 0. The number of carboxylic acid groups (broad SMARTS) is 1. The molecule has 0 aliphatic carbocycles. The molecule has 0 aromatic carbocycles. The molecule has 1 aliphatic heterocycles. The van der Waals surface area contributed by atoms with Gasteiger partial charge in [-0.3, -0.25) is 19.2 Å². The fraction of sp³-hybridized carbons (Fsp3) is 0.714. The fourth-order valence-electron chi connectivity index (χ4n) is 2.67. The van der Waals surface area contributed by atoms with Crippen molar-refractivity contribution in [3.05, 3.63) is 0 Å². The molecule has 124 valence electrons. The maximum absolute atomic E-state index is 12.5. The third-order valence-electron chi connectivity index (χ3n) is 4.05. The van der Waals surface area contributed by atoms with E-state index in [2.05, 4.69) is 5.32 Å². The van der Waals surface area contributed by atoms with E-state index in [1.807, 2.05) is 0 Å². The first kappa shape index (κ1) is 18.1. The van der Waals surface area contributed by atoms with Crippen LogP contribution in [-0.2, 0) is 19.2 Å². The van der Waals surface area contributed by atoms with E-state index in [1.165, 1.54) is 11.8 Å². The van der Waals surface area contributed by atoms with Crippen LogP contribution in [0.1, 0.15) is 39.5 Å². The van der Waals surface area contributed by atoms with Crippen molar-refractivity contribution in [3.8, 4) is 0 Å². The Morgan fingerprint density at radius 2 is 2.00 bits per heavy atom. The molecule has 8 heteroatoms. The van der Waals surface area contributed by atoms with Crippen molar-refractivity contribution in [2.45, 2.75) is 51.1 Å². The third kappa shape index (κ3) is 4.03. The van der Waals surface area contributed by atoms with Gasteiger partial charge in [0.1, 0.15) is 5.54 Å². The Bertz CT molecular complexity index is 479. The van der Waals surface area contributed by atoms with Gasteiger partial charge in [0, 0.05) is 13.0 Å². The molecule has 0 bridgehead atoms. The lowest BCUT2D eigenvalue weighted by molar-refractivity contribution is -0.144. The number of aliphatic carboxylic acids is 1. The van der Waals surface area contributed by atoms with Crippen molar-refractivity contribution in [1.29, 1.82) is 0 Å². The van der Waals surface area contributed by atoms with Crippen LogP contribution in [-0.4, -0.2) is 58.2 Å². The average molecular weight is 313 g/mol. The van der Waals surface area contributed by atoms with Crippen LogP contribution in [0.15, 0.2) is 0 Å². The van der Waals surface area contributed by atoms with Gasteiger partial charge in [0.25, 0.3) is 0 Å². The number of Topliss-reactive ketones (excluding diaryl/α,β-unsaturated/α-hetero) is 1. The van der Waals surface area contributed by atoms with Crippen molar-refractivity contribution in [2.75, 3.05) is 13.1 Å². The number of nitrogens with one attached hydrogen (secondary N) is 1. The molecule has 0 aromatic heterocycles. The molecular weight excluding hydrogens is 290 g/mol. The van der Waals surface area contributed by atoms with Crippen LogP contribution in [0.4, 0.5) is 0 Å². The molecule has 1 heterocycles. The van der Waals surface area contributed by atoms with Crippen molar-refractivity contribution in [2.24, 2.45) is 5.73 Å². The van der Waals surface area contributed by atoms with Crippen LogP contribution in [0.5, 0.6) is 0 Å². The lowest BCUT2D eigenvalue weighted by atomic mass is 9.96. The van der Waals surface area contributed by atoms with Crippen LogP contribution >= 0.6 is 0 Å². The van der Waals surface area contributed by atoms with Crippen LogP contribution in [0.3, 0.4) is 0 Å². The summed E-state index contributed by atoms with van der Waals surface area (Å²) in [6.07, 6.45) is 0.966. The third-order valence-corrected chi connectivity index (χ3v) is 4.05. The monoisotopic (exact) mass is 313 g/mol. The zero-order valence-electron chi connectivity index (χ0n) is 12.9. The SMILES string of the molecule is CC(=O)C(CCC(=O)O)NC(=O)C1(C)CCCN1C(=O)CN. The largest absolute Gasteiger partial charge is 0.481 e. The average Bonchev–Trinajstić information content (AvgIpc) is 2.85. The number of carbonyl (C=O) groups excluding carboxylic acids is 3. The lowest BCUT2D eigenvalue weighted by Gasteiger charge is -2.34. The van der Waals surface area contributed by atoms with Crippen molar-refractivity contribution in [1.82, 2.24) is 10.2 Å². The first-order valence-electron chi connectivity index (χ1n) is 7.26. The smallest absolute Gasteiger partial charge is 0.303 e. The Labute approximate surface area is 129 Å². The summed E-state index contributed by atoms with van der Waals surface area (Å²) in [6, 6.07) is -0.865. The molecule has 8 nitrogen and oxygen atoms in total. The van der Waals surface area contributed by atoms with E-state index in [-0.39, 0.29) is 31.1 Å². The standard InChI is InChI=1S/C14H23N3O5/c1-9(18)10(4-5-12(20)21)16-13(22)14(2)6-3-7-17(14)11(19)8-15/h10H,3-8,15H2,1-2H3,(H,16,22)(H,20,21). The zero-order chi connectivity index (χ0) is 16.9. The first-order valence-corrected chi connectivity index (χ1v) is 7.26. The topological polar surface area (TPSA) is 130 Å². The van der Waals surface area contributed by atoms with Gasteiger partial charge in [0.15, 0.2) is 5.78 Å². The zero-order valence-corrected chi connectivity index (χ0v) is 12.9. The van der Waals surface area contributed by atoms with Gasteiger partial charge in [-0.25, -0.2) is 0 Å². The summed E-state index contributed by atoms with van der Waals surface area (Å²) in [5.41, 5.74) is 4.31. The van der Waals surface area contributed by atoms with Crippen LogP contribution in [0.25, 0.3) is 0 Å². The number of carbonyl (C=O) groups is 4. The Kier molecular flexibility index (Phi) is 6.04. The Balaban J connectivity index is 2.81. The molecule has 0 saturated carbocycles. The van der Waals surface area contributed by atoms with Gasteiger partial charge in [-0.1, -0.05) is 0 Å². The summed E-state index contributed by atoms with van der Waals surface area (Å²) in [5.74, 6) is -2.11. The van der Waals surface area contributed by atoms with Crippen molar-refractivity contribution < 1.29 is 24.3 Å². The van der Waals surface area contributed by atoms with Crippen LogP contribution < -0.4 is 11.1 Å². The molecule has 0 radical (unpaired) electrons. The number of nitrogens with zero attached hydrogens (tertiary/aromatic N) is 1. The Hall–Kier alpha value is -1.96. The highest BCUT2D eigenvalue weighted by atomic mass is 16.4. The van der Waals surface area contributed by atoms with Crippen LogP contribution in [0.2, 0.25) is 0 Å².